The average Bonchev–Trinajstić information content (AvgIpc) is 2.75. The summed E-state index contributed by atoms with van der Waals surface area (Å²) in [5, 5.41) is 12.1. The van der Waals surface area contributed by atoms with Crippen molar-refractivity contribution in [1.29, 1.82) is 0 Å². The molecule has 0 saturated carbocycles. The van der Waals surface area contributed by atoms with E-state index in [0.29, 0.717) is 33.6 Å². The fourth-order valence-electron chi connectivity index (χ4n) is 3.09. The first-order chi connectivity index (χ1) is 13.7. The van der Waals surface area contributed by atoms with Crippen molar-refractivity contribution in [3.63, 3.8) is 0 Å². The molecule has 0 saturated heterocycles. The van der Waals surface area contributed by atoms with Crippen LogP contribution in [-0.4, -0.2) is 28.0 Å². The predicted octanol–water partition coefficient (Wildman–Crippen LogP) is 3.85. The van der Waals surface area contributed by atoms with Crippen LogP contribution in [0.1, 0.15) is 5.56 Å². The van der Waals surface area contributed by atoms with Gasteiger partial charge in [-0.1, -0.05) is 36.4 Å². The van der Waals surface area contributed by atoms with Gasteiger partial charge in [0.15, 0.2) is 5.82 Å². The molecule has 138 valence electrons. The lowest BCUT2D eigenvalue weighted by molar-refractivity contribution is 0.404. The van der Waals surface area contributed by atoms with Crippen molar-refractivity contribution in [3.8, 4) is 17.3 Å². The minimum atomic E-state index is -0.340. The molecule has 0 aliphatic carbocycles. The van der Waals surface area contributed by atoms with E-state index in [-0.39, 0.29) is 11.4 Å². The Bertz CT molecular complexity index is 1230. The van der Waals surface area contributed by atoms with Gasteiger partial charge in [-0.2, -0.15) is 0 Å². The number of para-hydroxylation sites is 2. The van der Waals surface area contributed by atoms with Crippen LogP contribution in [0.3, 0.4) is 0 Å². The number of nitrogens with zero attached hydrogens (tertiary/aromatic N) is 3. The highest BCUT2D eigenvalue weighted by Gasteiger charge is 2.18. The van der Waals surface area contributed by atoms with Crippen LogP contribution in [0, 0.1) is 0 Å². The number of aromatic nitrogens is 2. The molecule has 28 heavy (non-hydrogen) atoms. The molecule has 2 aromatic carbocycles. The summed E-state index contributed by atoms with van der Waals surface area (Å²) >= 11 is 0. The smallest absolute Gasteiger partial charge is 0.265 e. The predicted molar refractivity (Wildman–Crippen MR) is 109 cm³/mol. The van der Waals surface area contributed by atoms with Crippen molar-refractivity contribution in [1.82, 2.24) is 9.55 Å². The molecule has 2 heterocycles. The first kappa shape index (κ1) is 17.5. The summed E-state index contributed by atoms with van der Waals surface area (Å²) in [6.07, 6.45) is 3.16. The zero-order valence-corrected chi connectivity index (χ0v) is 15.1. The number of methoxy groups -OCH3 is 1. The maximum absolute atomic E-state index is 13.1. The number of hydrogen-bond donors (Lipinski definition) is 1. The molecular formula is C22H17N3O3. The van der Waals surface area contributed by atoms with E-state index in [0.717, 1.165) is 0 Å². The lowest BCUT2D eigenvalue weighted by Gasteiger charge is -2.15. The third-order valence-corrected chi connectivity index (χ3v) is 4.40. The van der Waals surface area contributed by atoms with Gasteiger partial charge >= 0.3 is 0 Å². The number of fused-ring (bicyclic) bond motifs is 1. The normalized spacial score (nSPS) is 11.2. The van der Waals surface area contributed by atoms with Crippen LogP contribution < -0.4 is 10.3 Å². The highest BCUT2D eigenvalue weighted by molar-refractivity contribution is 6.02. The molecule has 0 aliphatic heterocycles. The van der Waals surface area contributed by atoms with E-state index in [2.05, 4.69) is 9.98 Å². The van der Waals surface area contributed by atoms with Gasteiger partial charge in [0, 0.05) is 23.2 Å². The Morgan fingerprint density at radius 3 is 2.46 bits per heavy atom. The Balaban J connectivity index is 2.02. The number of aromatic hydroxyl groups is 1. The van der Waals surface area contributed by atoms with Gasteiger partial charge in [-0.3, -0.25) is 4.79 Å². The van der Waals surface area contributed by atoms with E-state index in [9.17, 15) is 9.90 Å². The minimum absolute atomic E-state index is 0.215. The second kappa shape index (κ2) is 7.36. The summed E-state index contributed by atoms with van der Waals surface area (Å²) in [5.74, 6) is 0.761. The minimum Gasteiger partial charge on any atom is -0.495 e. The summed E-state index contributed by atoms with van der Waals surface area (Å²) in [7, 11) is 1.52. The van der Waals surface area contributed by atoms with Crippen LogP contribution in [0.15, 0.2) is 82.7 Å². The fraction of sp³-hybridized carbons (Fsp3) is 0.0455. The monoisotopic (exact) mass is 371 g/mol. The van der Waals surface area contributed by atoms with E-state index in [1.54, 1.807) is 60.8 Å². The van der Waals surface area contributed by atoms with Gasteiger partial charge in [-0.05, 0) is 30.3 Å². The summed E-state index contributed by atoms with van der Waals surface area (Å²) in [6.45, 7) is 0. The Morgan fingerprint density at radius 1 is 1.00 bits per heavy atom. The lowest BCUT2D eigenvalue weighted by Crippen LogP contribution is -2.20. The van der Waals surface area contributed by atoms with E-state index in [1.165, 1.54) is 17.9 Å². The van der Waals surface area contributed by atoms with E-state index >= 15 is 0 Å². The second-order valence-corrected chi connectivity index (χ2v) is 6.04. The maximum Gasteiger partial charge on any atom is 0.265 e. The fourth-order valence-corrected chi connectivity index (χ4v) is 3.09. The van der Waals surface area contributed by atoms with Crippen molar-refractivity contribution in [2.45, 2.75) is 0 Å². The van der Waals surface area contributed by atoms with Crippen LogP contribution in [0.5, 0.6) is 11.6 Å². The summed E-state index contributed by atoms with van der Waals surface area (Å²) < 4.78 is 6.61. The molecule has 4 aromatic rings. The number of rotatable bonds is 4. The number of hydrogen-bond acceptors (Lipinski definition) is 5. The molecule has 6 heteroatoms. The molecule has 0 atom stereocenters. The first-order valence-corrected chi connectivity index (χ1v) is 8.66. The van der Waals surface area contributed by atoms with Crippen molar-refractivity contribution in [2.75, 3.05) is 7.11 Å². The van der Waals surface area contributed by atoms with Gasteiger partial charge in [-0.25, -0.2) is 14.5 Å². The molecule has 0 unspecified atom stereocenters. The summed E-state index contributed by atoms with van der Waals surface area (Å²) in [5.41, 5.74) is 0.532. The highest BCUT2D eigenvalue weighted by Crippen LogP contribution is 2.30. The van der Waals surface area contributed by atoms with Gasteiger partial charge in [0.1, 0.15) is 5.75 Å². The Labute approximate surface area is 161 Å². The van der Waals surface area contributed by atoms with Crippen molar-refractivity contribution in [2.24, 2.45) is 4.99 Å². The Morgan fingerprint density at radius 2 is 1.71 bits per heavy atom. The van der Waals surface area contributed by atoms with Gasteiger partial charge < -0.3 is 9.84 Å². The lowest BCUT2D eigenvalue weighted by atomic mass is 10.1. The topological polar surface area (TPSA) is 76.7 Å². The standard InChI is InChI=1S/C22H17N3O3/c1-28-19-11-5-4-10-18(19)25-21(26)16-9-3-2-8-15(16)17(22(25)27)14-24-20-12-6-7-13-23-20/h2-14,27H,1H3/b24-14+. The van der Waals surface area contributed by atoms with Crippen molar-refractivity contribution < 1.29 is 9.84 Å². The van der Waals surface area contributed by atoms with Crippen LogP contribution >= 0.6 is 0 Å². The van der Waals surface area contributed by atoms with Gasteiger partial charge in [-0.15, -0.1) is 0 Å². The molecule has 0 amide bonds. The molecule has 0 spiro atoms. The highest BCUT2D eigenvalue weighted by atomic mass is 16.5. The summed E-state index contributed by atoms with van der Waals surface area (Å²) in [6, 6.07) is 19.5. The molecule has 0 bridgehead atoms. The average molecular weight is 371 g/mol. The molecule has 0 fully saturated rings. The molecule has 0 radical (unpaired) electrons. The molecular weight excluding hydrogens is 354 g/mol. The van der Waals surface area contributed by atoms with Crippen molar-refractivity contribution >= 4 is 22.8 Å². The Kier molecular flexibility index (Phi) is 4.60. The maximum atomic E-state index is 13.1. The second-order valence-electron chi connectivity index (χ2n) is 6.04. The molecule has 0 aliphatic rings. The number of ether oxygens (including phenoxy) is 1. The van der Waals surface area contributed by atoms with Gasteiger partial charge in [0.2, 0.25) is 5.88 Å². The zero-order valence-electron chi connectivity index (χ0n) is 15.1. The van der Waals surface area contributed by atoms with Crippen LogP contribution in [0.25, 0.3) is 16.5 Å². The number of benzene rings is 2. The quantitative estimate of drug-likeness (QED) is 0.553. The van der Waals surface area contributed by atoms with Gasteiger partial charge in [0.05, 0.1) is 18.4 Å². The van der Waals surface area contributed by atoms with E-state index < -0.39 is 0 Å². The zero-order chi connectivity index (χ0) is 19.5. The van der Waals surface area contributed by atoms with E-state index in [4.69, 9.17) is 4.74 Å². The van der Waals surface area contributed by atoms with E-state index in [1.807, 2.05) is 12.1 Å². The summed E-state index contributed by atoms with van der Waals surface area (Å²) in [4.78, 5) is 21.6. The molecule has 6 nitrogen and oxygen atoms in total. The van der Waals surface area contributed by atoms with Crippen LogP contribution in [0.4, 0.5) is 5.82 Å². The number of aliphatic imine (C=N–C) groups is 1. The number of pyridine rings is 2. The third-order valence-electron chi connectivity index (χ3n) is 4.40. The van der Waals surface area contributed by atoms with Gasteiger partial charge in [0.25, 0.3) is 5.56 Å². The van der Waals surface area contributed by atoms with Crippen LogP contribution in [-0.2, 0) is 0 Å². The van der Waals surface area contributed by atoms with Crippen LogP contribution in [0.2, 0.25) is 0 Å². The molecule has 2 aromatic heterocycles. The molecule has 1 N–H and O–H groups in total. The first-order valence-electron chi connectivity index (χ1n) is 8.66. The third kappa shape index (κ3) is 3.01. The largest absolute Gasteiger partial charge is 0.495 e. The molecule has 4 rings (SSSR count). The SMILES string of the molecule is COc1ccccc1-n1c(O)c(/C=N/c2ccccn2)c2ccccc2c1=O. The van der Waals surface area contributed by atoms with Crippen molar-refractivity contribution in [3.05, 3.63) is 88.8 Å². The Hall–Kier alpha value is -3.93.